The van der Waals surface area contributed by atoms with Gasteiger partial charge < -0.3 is 49.0 Å². The summed E-state index contributed by atoms with van der Waals surface area (Å²) in [5.41, 5.74) is 21.7. The Balaban J connectivity index is 2.99. The molecule has 0 spiro atoms. The molecule has 16 nitrogen and oxygen atoms in total. The smallest absolute Gasteiger partial charge is 0.326 e. The fraction of sp³-hybridized carbons (Fsp3) is 0.550. The van der Waals surface area contributed by atoms with Crippen LogP contribution in [0.5, 0.6) is 0 Å². The number of nitrogens with one attached hydrogen (secondary N) is 4. The Hall–Kier alpha value is -4.05. The van der Waals surface area contributed by atoms with Crippen molar-refractivity contribution in [1.29, 1.82) is 0 Å². The molecule has 0 fully saturated rings. The number of imidazole rings is 1. The average Bonchev–Trinajstić information content (AvgIpc) is 3.29. The van der Waals surface area contributed by atoms with Crippen molar-refractivity contribution in [2.75, 3.05) is 6.54 Å². The molecule has 0 aromatic carbocycles. The van der Waals surface area contributed by atoms with E-state index in [-0.39, 0.29) is 12.8 Å². The average molecular weight is 512 g/mol. The Morgan fingerprint density at radius 1 is 0.889 bits per heavy atom. The van der Waals surface area contributed by atoms with Crippen molar-refractivity contribution >= 4 is 35.5 Å². The Kier molecular flexibility index (Phi) is 12.5. The van der Waals surface area contributed by atoms with Crippen LogP contribution in [0.1, 0.15) is 37.8 Å². The number of carbonyl (C=O) groups excluding carboxylic acids is 5. The quantitative estimate of drug-likeness (QED) is 0.0906. The molecule has 0 saturated carbocycles. The number of primary amides is 2. The molecule has 1 aromatic heterocycles. The summed E-state index contributed by atoms with van der Waals surface area (Å²) in [6.45, 7) is 0.317. The Morgan fingerprint density at radius 3 is 2.00 bits per heavy atom. The molecule has 1 heterocycles. The van der Waals surface area contributed by atoms with Gasteiger partial charge in [-0.3, -0.25) is 24.0 Å². The number of nitrogens with zero attached hydrogens (tertiary/aromatic N) is 1. The molecule has 16 heteroatoms. The predicted molar refractivity (Wildman–Crippen MR) is 124 cm³/mol. The summed E-state index contributed by atoms with van der Waals surface area (Å²) in [5, 5.41) is 16.5. The maximum Gasteiger partial charge on any atom is 0.326 e. The van der Waals surface area contributed by atoms with Gasteiger partial charge in [0.2, 0.25) is 29.5 Å². The molecule has 0 aliphatic heterocycles. The Labute approximate surface area is 206 Å². The summed E-state index contributed by atoms with van der Waals surface area (Å²) in [6.07, 6.45) is 2.54. The van der Waals surface area contributed by atoms with Crippen molar-refractivity contribution in [3.8, 4) is 0 Å². The molecule has 13 N–H and O–H groups in total. The van der Waals surface area contributed by atoms with E-state index >= 15 is 0 Å². The minimum absolute atomic E-state index is 0.0869. The van der Waals surface area contributed by atoms with Gasteiger partial charge in [0.1, 0.15) is 18.1 Å². The first-order chi connectivity index (χ1) is 16.9. The lowest BCUT2D eigenvalue weighted by molar-refractivity contribution is -0.142. The minimum atomic E-state index is -1.51. The first-order valence-corrected chi connectivity index (χ1v) is 11.1. The molecule has 4 unspecified atom stereocenters. The third-order valence-corrected chi connectivity index (χ3v) is 4.97. The lowest BCUT2D eigenvalue weighted by Gasteiger charge is -2.24. The van der Waals surface area contributed by atoms with Crippen LogP contribution in [0.15, 0.2) is 12.5 Å². The molecule has 1 rings (SSSR count). The number of carboxylic acids is 1. The first-order valence-electron chi connectivity index (χ1n) is 11.1. The number of aromatic amines is 1. The number of rotatable bonds is 17. The van der Waals surface area contributed by atoms with Crippen LogP contribution in [0.25, 0.3) is 0 Å². The van der Waals surface area contributed by atoms with E-state index in [1.165, 1.54) is 12.5 Å². The highest BCUT2D eigenvalue weighted by Crippen LogP contribution is 2.06. The van der Waals surface area contributed by atoms with E-state index in [1.54, 1.807) is 0 Å². The number of carboxylic acid groups (broad SMARTS) is 1. The minimum Gasteiger partial charge on any atom is -0.480 e. The second kappa shape index (κ2) is 15.0. The molecular formula is C20H33N9O7. The summed E-state index contributed by atoms with van der Waals surface area (Å²) in [6, 6.07) is -5.45. The molecule has 4 atom stereocenters. The second-order valence-corrected chi connectivity index (χ2v) is 8.03. The predicted octanol–water partition coefficient (Wildman–Crippen LogP) is -4.30. The molecule has 0 saturated heterocycles. The highest BCUT2D eigenvalue weighted by molar-refractivity contribution is 5.96. The second-order valence-electron chi connectivity index (χ2n) is 8.03. The number of aromatic nitrogens is 2. The Morgan fingerprint density at radius 2 is 1.47 bits per heavy atom. The van der Waals surface area contributed by atoms with Crippen LogP contribution in [0, 0.1) is 0 Å². The van der Waals surface area contributed by atoms with Gasteiger partial charge in [-0.2, -0.15) is 0 Å². The molecule has 0 aliphatic rings. The number of carbonyl (C=O) groups is 6. The van der Waals surface area contributed by atoms with Crippen molar-refractivity contribution in [2.24, 2.45) is 22.9 Å². The molecule has 200 valence electrons. The largest absolute Gasteiger partial charge is 0.480 e. The van der Waals surface area contributed by atoms with Gasteiger partial charge in [-0.05, 0) is 25.8 Å². The lowest BCUT2D eigenvalue weighted by Crippen LogP contribution is -2.58. The molecule has 0 radical (unpaired) electrons. The van der Waals surface area contributed by atoms with Gasteiger partial charge in [0, 0.05) is 18.3 Å². The maximum atomic E-state index is 12.9. The van der Waals surface area contributed by atoms with Crippen LogP contribution in [-0.2, 0) is 35.2 Å². The summed E-state index contributed by atoms with van der Waals surface area (Å²) in [5.74, 6) is -5.79. The molecule has 5 amide bonds. The van der Waals surface area contributed by atoms with E-state index in [1.807, 2.05) is 0 Å². The highest BCUT2D eigenvalue weighted by atomic mass is 16.4. The number of H-pyrrole nitrogens is 1. The zero-order valence-corrected chi connectivity index (χ0v) is 19.6. The van der Waals surface area contributed by atoms with Crippen LogP contribution in [0.2, 0.25) is 0 Å². The zero-order chi connectivity index (χ0) is 27.3. The van der Waals surface area contributed by atoms with Gasteiger partial charge >= 0.3 is 5.97 Å². The van der Waals surface area contributed by atoms with Gasteiger partial charge in [0.15, 0.2) is 0 Å². The summed E-state index contributed by atoms with van der Waals surface area (Å²) >= 11 is 0. The molecule has 1 aromatic rings. The van der Waals surface area contributed by atoms with Crippen molar-refractivity contribution in [2.45, 2.75) is 62.7 Å². The molecule has 0 aliphatic carbocycles. The van der Waals surface area contributed by atoms with Gasteiger partial charge in [0.25, 0.3) is 0 Å². The number of aliphatic carboxylic acids is 1. The van der Waals surface area contributed by atoms with Gasteiger partial charge in [-0.25, -0.2) is 9.78 Å². The number of amides is 5. The molecular weight excluding hydrogens is 478 g/mol. The summed E-state index contributed by atoms with van der Waals surface area (Å²) < 4.78 is 0. The van der Waals surface area contributed by atoms with Crippen molar-refractivity contribution < 1.29 is 33.9 Å². The first kappa shape index (κ1) is 30.0. The van der Waals surface area contributed by atoms with E-state index in [0.717, 1.165) is 0 Å². The summed E-state index contributed by atoms with van der Waals surface area (Å²) in [7, 11) is 0. The van der Waals surface area contributed by atoms with E-state index in [9.17, 15) is 33.9 Å². The third-order valence-electron chi connectivity index (χ3n) is 4.97. The fourth-order valence-electron chi connectivity index (χ4n) is 3.12. The van der Waals surface area contributed by atoms with Crippen LogP contribution in [0.3, 0.4) is 0 Å². The standard InChI is InChI=1S/C20H33N9O7/c21-4-2-1-3-12(18(33)29-14(20(35)36)5-10-8-25-9-26-10)27-19(34)13(7-16(24)31)28-17(32)11(22)6-15(23)30/h8-9,11-14H,1-7,21-22H2,(H2,23,30)(H2,24,31)(H,25,26)(H,27,34)(H,28,32)(H,29,33)(H,35,36). The molecule has 0 bridgehead atoms. The number of nitrogens with two attached hydrogens (primary N) is 4. The van der Waals surface area contributed by atoms with Crippen LogP contribution in [-0.4, -0.2) is 81.3 Å². The number of hydrogen-bond acceptors (Lipinski definition) is 9. The van der Waals surface area contributed by atoms with Crippen molar-refractivity contribution in [3.05, 3.63) is 18.2 Å². The van der Waals surface area contributed by atoms with Crippen LogP contribution < -0.4 is 38.9 Å². The van der Waals surface area contributed by atoms with E-state index in [2.05, 4.69) is 25.9 Å². The van der Waals surface area contributed by atoms with Crippen molar-refractivity contribution in [1.82, 2.24) is 25.9 Å². The summed E-state index contributed by atoms with van der Waals surface area (Å²) in [4.78, 5) is 78.7. The maximum absolute atomic E-state index is 12.9. The van der Waals surface area contributed by atoms with E-state index in [4.69, 9.17) is 22.9 Å². The number of unbranched alkanes of at least 4 members (excludes halogenated alkanes) is 1. The lowest BCUT2D eigenvalue weighted by atomic mass is 10.1. The van der Waals surface area contributed by atoms with Crippen LogP contribution >= 0.6 is 0 Å². The number of hydrogen-bond donors (Lipinski definition) is 9. The van der Waals surface area contributed by atoms with E-state index in [0.29, 0.717) is 25.1 Å². The zero-order valence-electron chi connectivity index (χ0n) is 19.6. The SMILES string of the molecule is NCCCCC(NC(=O)C(CC(N)=O)NC(=O)C(N)CC(N)=O)C(=O)NC(Cc1cnc[nH]1)C(=O)O. The fourth-order valence-corrected chi connectivity index (χ4v) is 3.12. The topological polar surface area (TPSA) is 292 Å². The van der Waals surface area contributed by atoms with Crippen LogP contribution in [0.4, 0.5) is 0 Å². The third kappa shape index (κ3) is 10.9. The highest BCUT2D eigenvalue weighted by Gasteiger charge is 2.31. The molecule has 36 heavy (non-hydrogen) atoms. The van der Waals surface area contributed by atoms with Gasteiger partial charge in [-0.15, -0.1) is 0 Å². The normalized spacial score (nSPS) is 14.1. The Bertz CT molecular complexity index is 923. The van der Waals surface area contributed by atoms with E-state index < -0.39 is 72.5 Å². The van der Waals surface area contributed by atoms with Gasteiger partial charge in [-0.1, -0.05) is 0 Å². The monoisotopic (exact) mass is 511 g/mol. The van der Waals surface area contributed by atoms with Crippen molar-refractivity contribution in [3.63, 3.8) is 0 Å². The van der Waals surface area contributed by atoms with Gasteiger partial charge in [0.05, 0.1) is 25.2 Å².